The fourth-order valence-corrected chi connectivity index (χ4v) is 4.50. The number of thiazole rings is 1. The Labute approximate surface area is 188 Å². The molecule has 0 aliphatic heterocycles. The highest BCUT2D eigenvalue weighted by atomic mass is 32.1. The van der Waals surface area contributed by atoms with Gasteiger partial charge in [0.2, 0.25) is 0 Å². The molecule has 0 spiro atoms. The Hall–Kier alpha value is -2.74. The topological polar surface area (TPSA) is 83.6 Å². The average molecular weight is 444 g/mol. The van der Waals surface area contributed by atoms with Gasteiger partial charge >= 0.3 is 0 Å². The third-order valence-electron chi connectivity index (χ3n) is 5.05. The number of rotatable bonds is 10. The van der Waals surface area contributed by atoms with Gasteiger partial charge in [-0.2, -0.15) is 0 Å². The van der Waals surface area contributed by atoms with Crippen LogP contribution in [0.4, 0.5) is 0 Å². The van der Waals surface area contributed by atoms with E-state index < -0.39 is 0 Å². The number of ether oxygens (including phenoxy) is 2. The lowest BCUT2D eigenvalue weighted by molar-refractivity contribution is 0.398. The molecule has 1 aromatic carbocycles. The van der Waals surface area contributed by atoms with Gasteiger partial charge in [0.25, 0.3) is 0 Å². The number of methoxy groups -OCH3 is 2. The number of nitrogens with zero attached hydrogens (tertiary/aromatic N) is 2. The fourth-order valence-electron chi connectivity index (χ4n) is 3.56. The number of benzene rings is 1. The van der Waals surface area contributed by atoms with Crippen LogP contribution in [0.3, 0.4) is 0 Å². The lowest BCUT2D eigenvalue weighted by atomic mass is 10.2. The van der Waals surface area contributed by atoms with Gasteiger partial charge in [0, 0.05) is 54.1 Å². The number of aliphatic imine (C=N–C) groups is 1. The van der Waals surface area contributed by atoms with E-state index in [0.717, 1.165) is 78.0 Å². The summed E-state index contributed by atoms with van der Waals surface area (Å²) >= 11 is 1.77. The first kappa shape index (κ1) is 22.9. The summed E-state index contributed by atoms with van der Waals surface area (Å²) in [6.07, 6.45) is 2.83. The number of aromatic amines is 1. The number of fused-ring (bicyclic) bond motifs is 1. The lowest BCUT2D eigenvalue weighted by Crippen LogP contribution is -2.38. The molecule has 0 aliphatic rings. The van der Waals surface area contributed by atoms with Crippen LogP contribution < -0.4 is 20.1 Å². The Bertz CT molecular complexity index is 1020. The maximum atomic E-state index is 5.50. The van der Waals surface area contributed by atoms with Crippen molar-refractivity contribution < 1.29 is 9.47 Å². The van der Waals surface area contributed by atoms with Crippen molar-refractivity contribution in [2.24, 2.45) is 4.99 Å². The molecule has 0 radical (unpaired) electrons. The highest BCUT2D eigenvalue weighted by Gasteiger charge is 2.09. The molecule has 0 unspecified atom stereocenters. The molecule has 0 amide bonds. The Balaban J connectivity index is 1.53. The molecular weight excluding hydrogens is 410 g/mol. The van der Waals surface area contributed by atoms with E-state index in [2.05, 4.69) is 47.4 Å². The number of aryl methyl sites for hydroxylation is 3. The molecule has 31 heavy (non-hydrogen) atoms. The summed E-state index contributed by atoms with van der Waals surface area (Å²) in [4.78, 5) is 14.0. The maximum Gasteiger partial charge on any atom is 0.191 e. The molecule has 8 heteroatoms. The van der Waals surface area contributed by atoms with Gasteiger partial charge in [-0.05, 0) is 39.7 Å². The van der Waals surface area contributed by atoms with Crippen molar-refractivity contribution in [3.8, 4) is 11.5 Å². The van der Waals surface area contributed by atoms with Gasteiger partial charge in [-0.3, -0.25) is 4.99 Å². The predicted octanol–water partition coefficient (Wildman–Crippen LogP) is 3.99. The van der Waals surface area contributed by atoms with E-state index >= 15 is 0 Å². The van der Waals surface area contributed by atoms with E-state index in [-0.39, 0.29) is 0 Å². The van der Waals surface area contributed by atoms with Gasteiger partial charge in [-0.1, -0.05) is 0 Å². The standard InChI is InChI=1S/C23H33N5O2S/c1-6-24-23(26-11-9-22-15(2)27-16(3)31-22)25-10-7-8-17-12-19-20(28-17)13-18(29-4)14-21(19)30-5/h12-14,28H,6-11H2,1-5H3,(H2,24,25,26). The summed E-state index contributed by atoms with van der Waals surface area (Å²) in [6, 6.07) is 6.06. The third kappa shape index (κ3) is 6.13. The summed E-state index contributed by atoms with van der Waals surface area (Å²) in [6.45, 7) is 8.66. The first-order valence-corrected chi connectivity index (χ1v) is 11.5. The van der Waals surface area contributed by atoms with Crippen LogP contribution in [0.5, 0.6) is 11.5 Å². The summed E-state index contributed by atoms with van der Waals surface area (Å²) in [5.74, 6) is 2.47. The summed E-state index contributed by atoms with van der Waals surface area (Å²) in [7, 11) is 3.35. The highest BCUT2D eigenvalue weighted by molar-refractivity contribution is 7.11. The Kier molecular flexibility index (Phi) is 8.17. The minimum atomic E-state index is 0.754. The average Bonchev–Trinajstić information content (AvgIpc) is 3.31. The number of hydrogen-bond donors (Lipinski definition) is 3. The molecule has 0 saturated carbocycles. The third-order valence-corrected chi connectivity index (χ3v) is 6.18. The number of nitrogens with one attached hydrogen (secondary N) is 3. The summed E-state index contributed by atoms with van der Waals surface area (Å²) < 4.78 is 10.9. The van der Waals surface area contributed by atoms with Crippen molar-refractivity contribution in [3.05, 3.63) is 39.5 Å². The minimum Gasteiger partial charge on any atom is -0.497 e. The second kappa shape index (κ2) is 11.0. The van der Waals surface area contributed by atoms with Gasteiger partial charge in [-0.25, -0.2) is 4.98 Å². The monoisotopic (exact) mass is 443 g/mol. The van der Waals surface area contributed by atoms with E-state index in [1.54, 1.807) is 25.6 Å². The molecule has 2 heterocycles. The van der Waals surface area contributed by atoms with Crippen LogP contribution in [0.1, 0.15) is 34.6 Å². The number of aromatic nitrogens is 2. The highest BCUT2D eigenvalue weighted by Crippen LogP contribution is 2.31. The lowest BCUT2D eigenvalue weighted by Gasteiger charge is -2.11. The molecule has 0 bridgehead atoms. The Morgan fingerprint density at radius 1 is 1.13 bits per heavy atom. The van der Waals surface area contributed by atoms with E-state index in [9.17, 15) is 0 Å². The number of guanidine groups is 1. The van der Waals surface area contributed by atoms with Crippen molar-refractivity contribution in [1.29, 1.82) is 0 Å². The van der Waals surface area contributed by atoms with Crippen LogP contribution in [0.25, 0.3) is 10.9 Å². The molecule has 0 atom stereocenters. The molecule has 168 valence electrons. The Morgan fingerprint density at radius 2 is 1.97 bits per heavy atom. The molecule has 2 aromatic heterocycles. The van der Waals surface area contributed by atoms with E-state index in [4.69, 9.17) is 14.5 Å². The van der Waals surface area contributed by atoms with Crippen LogP contribution in [0.15, 0.2) is 23.2 Å². The van der Waals surface area contributed by atoms with Crippen LogP contribution in [0.2, 0.25) is 0 Å². The quantitative estimate of drug-likeness (QED) is 0.251. The second-order valence-electron chi connectivity index (χ2n) is 7.37. The summed E-state index contributed by atoms with van der Waals surface area (Å²) in [5.41, 5.74) is 3.34. The van der Waals surface area contributed by atoms with Crippen LogP contribution in [-0.2, 0) is 12.8 Å². The molecule has 3 rings (SSSR count). The molecule has 0 fully saturated rings. The fraction of sp³-hybridized carbons (Fsp3) is 0.478. The normalized spacial score (nSPS) is 11.7. The SMILES string of the molecule is CCNC(=NCCCc1cc2c(OC)cc(OC)cc2[nH]1)NCCc1sc(C)nc1C. The second-order valence-corrected chi connectivity index (χ2v) is 8.66. The van der Waals surface area contributed by atoms with Gasteiger partial charge in [0.15, 0.2) is 5.96 Å². The van der Waals surface area contributed by atoms with E-state index in [1.807, 2.05) is 12.1 Å². The first-order valence-electron chi connectivity index (χ1n) is 10.7. The van der Waals surface area contributed by atoms with Gasteiger partial charge in [0.05, 0.1) is 30.4 Å². The molecule has 0 aliphatic carbocycles. The van der Waals surface area contributed by atoms with E-state index in [1.165, 1.54) is 10.6 Å². The van der Waals surface area contributed by atoms with Crippen molar-refractivity contribution in [1.82, 2.24) is 20.6 Å². The predicted molar refractivity (Wildman–Crippen MR) is 129 cm³/mol. The smallest absolute Gasteiger partial charge is 0.191 e. The van der Waals surface area contributed by atoms with E-state index in [0.29, 0.717) is 0 Å². The van der Waals surface area contributed by atoms with Gasteiger partial charge < -0.3 is 25.1 Å². The zero-order chi connectivity index (χ0) is 22.2. The zero-order valence-electron chi connectivity index (χ0n) is 19.1. The first-order chi connectivity index (χ1) is 15.0. The molecule has 3 aromatic rings. The van der Waals surface area contributed by atoms with Crippen LogP contribution in [-0.4, -0.2) is 49.8 Å². The Morgan fingerprint density at radius 3 is 2.65 bits per heavy atom. The van der Waals surface area contributed by atoms with Crippen LogP contribution in [0, 0.1) is 13.8 Å². The minimum absolute atomic E-state index is 0.754. The zero-order valence-corrected chi connectivity index (χ0v) is 19.9. The molecule has 7 nitrogen and oxygen atoms in total. The summed E-state index contributed by atoms with van der Waals surface area (Å²) in [5, 5.41) is 8.96. The van der Waals surface area contributed by atoms with Gasteiger partial charge in [0.1, 0.15) is 11.5 Å². The molecule has 0 saturated heterocycles. The maximum absolute atomic E-state index is 5.50. The number of H-pyrrole nitrogens is 1. The van der Waals surface area contributed by atoms with Crippen LogP contribution >= 0.6 is 11.3 Å². The van der Waals surface area contributed by atoms with Gasteiger partial charge in [-0.15, -0.1) is 11.3 Å². The van der Waals surface area contributed by atoms with Crippen molar-refractivity contribution >= 4 is 28.2 Å². The molecule has 3 N–H and O–H groups in total. The molecular formula is C23H33N5O2S. The van der Waals surface area contributed by atoms with Crippen molar-refractivity contribution in [2.75, 3.05) is 33.9 Å². The van der Waals surface area contributed by atoms with Crippen molar-refractivity contribution in [2.45, 2.75) is 40.0 Å². The number of hydrogen-bond acceptors (Lipinski definition) is 5. The largest absolute Gasteiger partial charge is 0.497 e. The van der Waals surface area contributed by atoms with Crippen molar-refractivity contribution in [3.63, 3.8) is 0 Å².